The second-order valence-corrected chi connectivity index (χ2v) is 3.75. The minimum Gasteiger partial charge on any atom is -0.207 e. The Morgan fingerprint density at radius 2 is 2.00 bits per heavy atom. The summed E-state index contributed by atoms with van der Waals surface area (Å²) in [4.78, 5) is 0. The van der Waals surface area contributed by atoms with E-state index in [0.717, 1.165) is 5.56 Å². The van der Waals surface area contributed by atoms with E-state index in [1.165, 1.54) is 6.07 Å². The van der Waals surface area contributed by atoms with E-state index in [1.54, 1.807) is 12.1 Å². The lowest BCUT2D eigenvalue weighted by molar-refractivity contribution is 0.567. The lowest BCUT2D eigenvalue weighted by Crippen LogP contribution is -2.16. The highest BCUT2D eigenvalue weighted by Crippen LogP contribution is 2.25. The Morgan fingerprint density at radius 3 is 2.54 bits per heavy atom. The van der Waals surface area contributed by atoms with Gasteiger partial charge in [0.2, 0.25) is 0 Å². The summed E-state index contributed by atoms with van der Waals surface area (Å²) in [5.41, 5.74) is 1.09. The predicted molar refractivity (Wildman–Crippen MR) is 53.0 cm³/mol. The van der Waals surface area contributed by atoms with Gasteiger partial charge in [0, 0.05) is 5.56 Å². The molecule has 0 aliphatic carbocycles. The third-order valence-corrected chi connectivity index (χ3v) is 2.16. The van der Waals surface area contributed by atoms with Gasteiger partial charge >= 0.3 is 0 Å². The van der Waals surface area contributed by atoms with Crippen LogP contribution in [0.1, 0.15) is 25.0 Å². The maximum absolute atomic E-state index is 13.4. The Kier molecular flexibility index (Phi) is 2.43. The van der Waals surface area contributed by atoms with Crippen LogP contribution >= 0.6 is 0 Å². The summed E-state index contributed by atoms with van der Waals surface area (Å²) >= 11 is 0. The summed E-state index contributed by atoms with van der Waals surface area (Å²) in [6.07, 6.45) is 5.34. The molecule has 0 heterocycles. The molecule has 0 saturated carbocycles. The number of hydrogen-bond acceptors (Lipinski definition) is 0. The van der Waals surface area contributed by atoms with Crippen LogP contribution < -0.4 is 0 Å². The largest absolute Gasteiger partial charge is 0.207 e. The Labute approximate surface area is 78.8 Å². The van der Waals surface area contributed by atoms with Gasteiger partial charge in [-0.1, -0.05) is 23.6 Å². The molecular weight excluding hydrogens is 163 g/mol. The third-order valence-electron chi connectivity index (χ3n) is 2.16. The first kappa shape index (κ1) is 9.80. The van der Waals surface area contributed by atoms with Crippen LogP contribution in [-0.2, 0) is 5.41 Å². The second kappa shape index (κ2) is 3.22. The van der Waals surface area contributed by atoms with Gasteiger partial charge in [0.15, 0.2) is 0 Å². The van der Waals surface area contributed by atoms with Crippen LogP contribution in [0, 0.1) is 25.1 Å². The number of rotatable bonds is 1. The first-order chi connectivity index (χ1) is 5.97. The average molecular weight is 176 g/mol. The van der Waals surface area contributed by atoms with E-state index in [1.807, 2.05) is 20.8 Å². The minimum atomic E-state index is -0.532. The summed E-state index contributed by atoms with van der Waals surface area (Å²) in [6, 6.07) is 5.00. The lowest BCUT2D eigenvalue weighted by Gasteiger charge is -2.19. The van der Waals surface area contributed by atoms with Crippen molar-refractivity contribution in [1.82, 2.24) is 0 Å². The topological polar surface area (TPSA) is 0 Å². The number of benzene rings is 1. The molecule has 13 heavy (non-hydrogen) atoms. The van der Waals surface area contributed by atoms with Crippen LogP contribution in [0.15, 0.2) is 18.2 Å². The number of aryl methyl sites for hydroxylation is 1. The van der Waals surface area contributed by atoms with Gasteiger partial charge in [-0.25, -0.2) is 4.39 Å². The fourth-order valence-electron chi connectivity index (χ4n) is 1.20. The first-order valence-corrected chi connectivity index (χ1v) is 4.22. The fraction of sp³-hybridized carbons (Fsp3) is 0.333. The fourth-order valence-corrected chi connectivity index (χ4v) is 1.20. The van der Waals surface area contributed by atoms with Gasteiger partial charge < -0.3 is 0 Å². The van der Waals surface area contributed by atoms with Crippen molar-refractivity contribution in [3.8, 4) is 12.3 Å². The van der Waals surface area contributed by atoms with E-state index in [4.69, 9.17) is 6.42 Å². The van der Waals surface area contributed by atoms with Gasteiger partial charge in [0.1, 0.15) is 5.82 Å². The summed E-state index contributed by atoms with van der Waals surface area (Å²) in [5.74, 6) is 2.36. The van der Waals surface area contributed by atoms with Gasteiger partial charge in [0.05, 0.1) is 5.41 Å². The molecular formula is C12H13F. The molecule has 0 nitrogen and oxygen atoms in total. The van der Waals surface area contributed by atoms with Crippen molar-refractivity contribution < 1.29 is 4.39 Å². The van der Waals surface area contributed by atoms with E-state index >= 15 is 0 Å². The van der Waals surface area contributed by atoms with Crippen LogP contribution in [0.2, 0.25) is 0 Å². The normalized spacial score (nSPS) is 11.0. The number of halogens is 1. The molecule has 0 aliphatic rings. The van der Waals surface area contributed by atoms with E-state index in [2.05, 4.69) is 5.92 Å². The maximum Gasteiger partial charge on any atom is 0.127 e. The van der Waals surface area contributed by atoms with E-state index in [-0.39, 0.29) is 5.82 Å². The average Bonchev–Trinajstić information content (AvgIpc) is 2.09. The molecule has 0 aromatic heterocycles. The lowest BCUT2D eigenvalue weighted by atomic mass is 9.84. The van der Waals surface area contributed by atoms with Gasteiger partial charge in [-0.05, 0) is 26.8 Å². The Balaban J connectivity index is 3.30. The van der Waals surface area contributed by atoms with Crippen molar-refractivity contribution in [2.75, 3.05) is 0 Å². The van der Waals surface area contributed by atoms with Crippen molar-refractivity contribution in [3.05, 3.63) is 35.1 Å². The number of terminal acetylenes is 1. The predicted octanol–water partition coefficient (Wildman–Crippen LogP) is 3.04. The standard InChI is InChI=1S/C12H13F/c1-5-12(3,4)10-8-9(2)6-7-11(10)13/h1,6-8H,2-4H3. The second-order valence-electron chi connectivity index (χ2n) is 3.75. The summed E-state index contributed by atoms with van der Waals surface area (Å²) < 4.78 is 13.4. The van der Waals surface area contributed by atoms with Crippen molar-refractivity contribution in [2.24, 2.45) is 0 Å². The zero-order chi connectivity index (χ0) is 10.1. The van der Waals surface area contributed by atoms with Crippen LogP contribution in [0.4, 0.5) is 4.39 Å². The first-order valence-electron chi connectivity index (χ1n) is 4.22. The SMILES string of the molecule is C#CC(C)(C)c1cc(C)ccc1F. The molecule has 68 valence electrons. The van der Waals surface area contributed by atoms with Crippen molar-refractivity contribution in [1.29, 1.82) is 0 Å². The highest BCUT2D eigenvalue weighted by Gasteiger charge is 2.20. The molecule has 0 aliphatic heterocycles. The van der Waals surface area contributed by atoms with Crippen LogP contribution in [0.25, 0.3) is 0 Å². The molecule has 1 aromatic carbocycles. The Bertz CT molecular complexity index is 356. The quantitative estimate of drug-likeness (QED) is 0.577. The van der Waals surface area contributed by atoms with E-state index < -0.39 is 5.41 Å². The molecule has 1 heteroatoms. The van der Waals surface area contributed by atoms with E-state index in [0.29, 0.717) is 5.56 Å². The molecule has 0 spiro atoms. The summed E-state index contributed by atoms with van der Waals surface area (Å²) in [5, 5.41) is 0. The maximum atomic E-state index is 13.4. The zero-order valence-electron chi connectivity index (χ0n) is 8.19. The van der Waals surface area contributed by atoms with Crippen LogP contribution in [0.5, 0.6) is 0 Å². The third kappa shape index (κ3) is 1.89. The van der Waals surface area contributed by atoms with Crippen molar-refractivity contribution in [3.63, 3.8) is 0 Å². The van der Waals surface area contributed by atoms with Crippen LogP contribution in [-0.4, -0.2) is 0 Å². The van der Waals surface area contributed by atoms with Gasteiger partial charge in [0.25, 0.3) is 0 Å². The van der Waals surface area contributed by atoms with Gasteiger partial charge in [-0.2, -0.15) is 0 Å². The summed E-state index contributed by atoms with van der Waals surface area (Å²) in [7, 11) is 0. The molecule has 0 amide bonds. The minimum absolute atomic E-state index is 0.228. The van der Waals surface area contributed by atoms with Gasteiger partial charge in [-0.15, -0.1) is 6.42 Å². The molecule has 0 fully saturated rings. The molecule has 0 atom stereocenters. The van der Waals surface area contributed by atoms with Crippen molar-refractivity contribution in [2.45, 2.75) is 26.2 Å². The molecule has 1 rings (SSSR count). The molecule has 0 unspecified atom stereocenters. The monoisotopic (exact) mass is 176 g/mol. The van der Waals surface area contributed by atoms with Crippen LogP contribution in [0.3, 0.4) is 0 Å². The molecule has 0 radical (unpaired) electrons. The molecule has 0 N–H and O–H groups in total. The zero-order valence-corrected chi connectivity index (χ0v) is 8.19. The summed E-state index contributed by atoms with van der Waals surface area (Å²) in [6.45, 7) is 5.60. The molecule has 1 aromatic rings. The van der Waals surface area contributed by atoms with Crippen molar-refractivity contribution >= 4 is 0 Å². The number of hydrogen-bond donors (Lipinski definition) is 0. The highest BCUT2D eigenvalue weighted by molar-refractivity contribution is 5.35. The highest BCUT2D eigenvalue weighted by atomic mass is 19.1. The smallest absolute Gasteiger partial charge is 0.127 e. The molecule has 0 saturated heterocycles. The van der Waals surface area contributed by atoms with E-state index in [9.17, 15) is 4.39 Å². The van der Waals surface area contributed by atoms with Gasteiger partial charge in [-0.3, -0.25) is 0 Å². The Hall–Kier alpha value is -1.29. The molecule has 0 bridgehead atoms. The Morgan fingerprint density at radius 1 is 1.38 bits per heavy atom.